The molecule has 2 heterocycles. The third-order valence-corrected chi connectivity index (χ3v) is 4.02. The zero-order valence-electron chi connectivity index (χ0n) is 11.6. The van der Waals surface area contributed by atoms with Gasteiger partial charge in [-0.15, -0.1) is 0 Å². The van der Waals surface area contributed by atoms with E-state index in [4.69, 9.17) is 5.73 Å². The molecule has 0 aliphatic carbocycles. The summed E-state index contributed by atoms with van der Waals surface area (Å²) in [5.41, 5.74) is 8.26. The summed E-state index contributed by atoms with van der Waals surface area (Å²) in [5, 5.41) is 0. The Morgan fingerprint density at radius 1 is 1.39 bits per heavy atom. The van der Waals surface area contributed by atoms with Crippen molar-refractivity contribution in [2.75, 3.05) is 11.4 Å². The van der Waals surface area contributed by atoms with Crippen LogP contribution in [0, 0.1) is 0 Å². The van der Waals surface area contributed by atoms with Crippen molar-refractivity contribution in [3.8, 4) is 0 Å². The highest BCUT2D eigenvalue weighted by atomic mass is 15.2. The summed E-state index contributed by atoms with van der Waals surface area (Å²) < 4.78 is 0. The fourth-order valence-corrected chi connectivity index (χ4v) is 2.76. The molecule has 1 unspecified atom stereocenters. The number of pyridine rings is 1. The second kappa shape index (κ2) is 6.19. The molecule has 2 atom stereocenters. The van der Waals surface area contributed by atoms with Gasteiger partial charge in [-0.1, -0.05) is 13.8 Å². The van der Waals surface area contributed by atoms with Gasteiger partial charge in [0.15, 0.2) is 0 Å². The lowest BCUT2D eigenvalue weighted by molar-refractivity contribution is 0.449. The van der Waals surface area contributed by atoms with Crippen molar-refractivity contribution < 1.29 is 0 Å². The SMILES string of the molecule is CCC1CCCCN1c1ccc([C@H](N)CC)nc1. The van der Waals surface area contributed by atoms with Crippen LogP contribution in [-0.2, 0) is 0 Å². The first-order chi connectivity index (χ1) is 8.76. The second-order valence-corrected chi connectivity index (χ2v) is 5.21. The van der Waals surface area contributed by atoms with Gasteiger partial charge in [-0.3, -0.25) is 4.98 Å². The normalized spacial score (nSPS) is 21.9. The van der Waals surface area contributed by atoms with E-state index in [1.165, 1.54) is 37.9 Å². The minimum absolute atomic E-state index is 0.0716. The molecule has 3 nitrogen and oxygen atoms in total. The van der Waals surface area contributed by atoms with Crippen molar-refractivity contribution in [1.82, 2.24) is 4.98 Å². The van der Waals surface area contributed by atoms with Gasteiger partial charge in [0.2, 0.25) is 0 Å². The van der Waals surface area contributed by atoms with E-state index in [1.54, 1.807) is 0 Å². The van der Waals surface area contributed by atoms with Crippen molar-refractivity contribution in [2.24, 2.45) is 5.73 Å². The van der Waals surface area contributed by atoms with Gasteiger partial charge in [0.1, 0.15) is 0 Å². The van der Waals surface area contributed by atoms with Crippen LogP contribution in [0.15, 0.2) is 18.3 Å². The van der Waals surface area contributed by atoms with E-state index in [-0.39, 0.29) is 6.04 Å². The maximum absolute atomic E-state index is 6.00. The molecule has 2 N–H and O–H groups in total. The standard InChI is InChI=1S/C15H25N3/c1-3-12-7-5-6-10-18(12)13-8-9-15(17-11-13)14(16)4-2/h8-9,11-12,14H,3-7,10,16H2,1-2H3/t12?,14-/m1/s1. The number of anilines is 1. The maximum Gasteiger partial charge on any atom is 0.0572 e. The van der Waals surface area contributed by atoms with E-state index in [2.05, 4.69) is 35.9 Å². The van der Waals surface area contributed by atoms with Gasteiger partial charge in [-0.05, 0) is 44.2 Å². The molecule has 3 heteroatoms. The summed E-state index contributed by atoms with van der Waals surface area (Å²) in [6.45, 7) is 5.54. The Hall–Kier alpha value is -1.09. The first kappa shape index (κ1) is 13.3. The molecule has 1 aromatic heterocycles. The molecule has 1 aromatic rings. The first-order valence-electron chi connectivity index (χ1n) is 7.24. The Kier molecular flexibility index (Phi) is 4.59. The Morgan fingerprint density at radius 3 is 2.83 bits per heavy atom. The summed E-state index contributed by atoms with van der Waals surface area (Å²) >= 11 is 0. The molecule has 1 fully saturated rings. The van der Waals surface area contributed by atoms with E-state index >= 15 is 0 Å². The Balaban J connectivity index is 2.12. The molecule has 0 saturated carbocycles. The van der Waals surface area contributed by atoms with Crippen LogP contribution in [0.3, 0.4) is 0 Å². The van der Waals surface area contributed by atoms with E-state index in [0.29, 0.717) is 6.04 Å². The Labute approximate surface area is 110 Å². The number of rotatable bonds is 4. The van der Waals surface area contributed by atoms with Gasteiger partial charge in [0.25, 0.3) is 0 Å². The molecule has 0 spiro atoms. The highest BCUT2D eigenvalue weighted by Gasteiger charge is 2.21. The highest BCUT2D eigenvalue weighted by molar-refractivity contribution is 5.46. The smallest absolute Gasteiger partial charge is 0.0572 e. The molecule has 1 aliphatic rings. The Bertz CT molecular complexity index is 361. The van der Waals surface area contributed by atoms with Gasteiger partial charge in [-0.2, -0.15) is 0 Å². The zero-order chi connectivity index (χ0) is 13.0. The topological polar surface area (TPSA) is 42.1 Å². The monoisotopic (exact) mass is 247 g/mol. The lowest BCUT2D eigenvalue weighted by atomic mass is 9.99. The number of hydrogen-bond donors (Lipinski definition) is 1. The molecule has 1 saturated heterocycles. The molecule has 0 radical (unpaired) electrons. The minimum Gasteiger partial charge on any atom is -0.367 e. The molecule has 0 aromatic carbocycles. The zero-order valence-corrected chi connectivity index (χ0v) is 11.6. The third-order valence-electron chi connectivity index (χ3n) is 4.02. The number of piperidine rings is 1. The van der Waals surface area contributed by atoms with Crippen LogP contribution in [0.2, 0.25) is 0 Å². The quantitative estimate of drug-likeness (QED) is 0.888. The fraction of sp³-hybridized carbons (Fsp3) is 0.667. The number of hydrogen-bond acceptors (Lipinski definition) is 3. The minimum atomic E-state index is 0.0716. The van der Waals surface area contributed by atoms with Crippen molar-refractivity contribution in [1.29, 1.82) is 0 Å². The van der Waals surface area contributed by atoms with E-state index in [9.17, 15) is 0 Å². The van der Waals surface area contributed by atoms with E-state index in [0.717, 1.165) is 12.1 Å². The van der Waals surface area contributed by atoms with Crippen molar-refractivity contribution in [2.45, 2.75) is 58.0 Å². The largest absolute Gasteiger partial charge is 0.367 e. The summed E-state index contributed by atoms with van der Waals surface area (Å²) in [6.07, 6.45) is 8.13. The lowest BCUT2D eigenvalue weighted by Crippen LogP contribution is -2.39. The van der Waals surface area contributed by atoms with Crippen LogP contribution in [0.5, 0.6) is 0 Å². The molecule has 18 heavy (non-hydrogen) atoms. The summed E-state index contributed by atoms with van der Waals surface area (Å²) in [7, 11) is 0. The fourth-order valence-electron chi connectivity index (χ4n) is 2.76. The molecule has 2 rings (SSSR count). The molecular weight excluding hydrogens is 222 g/mol. The van der Waals surface area contributed by atoms with E-state index < -0.39 is 0 Å². The third kappa shape index (κ3) is 2.83. The van der Waals surface area contributed by atoms with Gasteiger partial charge in [-0.25, -0.2) is 0 Å². The predicted molar refractivity (Wildman–Crippen MR) is 76.7 cm³/mol. The second-order valence-electron chi connectivity index (χ2n) is 5.21. The summed E-state index contributed by atoms with van der Waals surface area (Å²) in [6, 6.07) is 5.03. The van der Waals surface area contributed by atoms with Crippen molar-refractivity contribution in [3.05, 3.63) is 24.0 Å². The average Bonchev–Trinajstić information content (AvgIpc) is 2.46. The maximum atomic E-state index is 6.00. The Morgan fingerprint density at radius 2 is 2.22 bits per heavy atom. The summed E-state index contributed by atoms with van der Waals surface area (Å²) in [4.78, 5) is 7.04. The highest BCUT2D eigenvalue weighted by Crippen LogP contribution is 2.26. The molecule has 1 aliphatic heterocycles. The average molecular weight is 247 g/mol. The molecular formula is C15H25N3. The first-order valence-corrected chi connectivity index (χ1v) is 7.24. The van der Waals surface area contributed by atoms with Crippen molar-refractivity contribution >= 4 is 5.69 Å². The van der Waals surface area contributed by atoms with Gasteiger partial charge < -0.3 is 10.6 Å². The van der Waals surface area contributed by atoms with Crippen LogP contribution in [-0.4, -0.2) is 17.6 Å². The van der Waals surface area contributed by atoms with Crippen LogP contribution in [0.1, 0.15) is 57.7 Å². The van der Waals surface area contributed by atoms with Crippen LogP contribution in [0.4, 0.5) is 5.69 Å². The lowest BCUT2D eigenvalue weighted by Gasteiger charge is -2.37. The molecule has 100 valence electrons. The molecule has 0 bridgehead atoms. The number of nitrogens with zero attached hydrogens (tertiary/aromatic N) is 2. The number of aromatic nitrogens is 1. The van der Waals surface area contributed by atoms with Gasteiger partial charge in [0, 0.05) is 18.6 Å². The van der Waals surface area contributed by atoms with Gasteiger partial charge in [0.05, 0.1) is 17.6 Å². The molecule has 0 amide bonds. The predicted octanol–water partition coefficient (Wildman–Crippen LogP) is 3.26. The summed E-state index contributed by atoms with van der Waals surface area (Å²) in [5.74, 6) is 0. The van der Waals surface area contributed by atoms with Crippen LogP contribution >= 0.6 is 0 Å². The van der Waals surface area contributed by atoms with Gasteiger partial charge >= 0.3 is 0 Å². The van der Waals surface area contributed by atoms with E-state index in [1.807, 2.05) is 6.20 Å². The van der Waals surface area contributed by atoms with Crippen LogP contribution < -0.4 is 10.6 Å². The number of nitrogens with two attached hydrogens (primary N) is 1. The van der Waals surface area contributed by atoms with Crippen molar-refractivity contribution in [3.63, 3.8) is 0 Å². The van der Waals surface area contributed by atoms with Crippen LogP contribution in [0.25, 0.3) is 0 Å².